The van der Waals surface area contributed by atoms with E-state index in [2.05, 4.69) is 15.2 Å². The van der Waals surface area contributed by atoms with Crippen molar-refractivity contribution in [2.45, 2.75) is 0 Å². The zero-order valence-electron chi connectivity index (χ0n) is 13.0. The summed E-state index contributed by atoms with van der Waals surface area (Å²) in [4.78, 5) is 4.54. The number of aromatic hydroxyl groups is 1. The summed E-state index contributed by atoms with van der Waals surface area (Å²) in [6, 6.07) is 20.1. The van der Waals surface area contributed by atoms with Crippen molar-refractivity contribution in [3.8, 4) is 17.0 Å². The van der Waals surface area contributed by atoms with Crippen LogP contribution in [0.15, 0.2) is 83.2 Å². The summed E-state index contributed by atoms with van der Waals surface area (Å²) in [5.74, 6) is 0.621. The smallest absolute Gasteiger partial charge is 0.187 e. The van der Waals surface area contributed by atoms with Crippen LogP contribution in [-0.4, -0.2) is 14.5 Å². The van der Waals surface area contributed by atoms with Crippen molar-refractivity contribution in [3.63, 3.8) is 0 Å². The molecular formula is C19H13ClN4O. The Balaban J connectivity index is 1.91. The average Bonchev–Trinajstić information content (AvgIpc) is 3.01. The Morgan fingerprint density at radius 2 is 1.64 bits per heavy atom. The molecule has 2 heterocycles. The molecule has 4 aromatic rings. The lowest BCUT2D eigenvalue weighted by molar-refractivity contribution is 0.477. The Morgan fingerprint density at radius 1 is 0.880 bits per heavy atom. The third kappa shape index (κ3) is 2.97. The summed E-state index contributed by atoms with van der Waals surface area (Å²) in [6.07, 6.45) is 1.79. The van der Waals surface area contributed by atoms with Gasteiger partial charge in [-0.25, -0.2) is 4.98 Å². The van der Waals surface area contributed by atoms with Gasteiger partial charge in [0.1, 0.15) is 5.69 Å². The maximum atomic E-state index is 10.1. The van der Waals surface area contributed by atoms with E-state index >= 15 is 0 Å². The van der Waals surface area contributed by atoms with Gasteiger partial charge in [0.2, 0.25) is 0 Å². The first-order valence-electron chi connectivity index (χ1n) is 7.65. The summed E-state index contributed by atoms with van der Waals surface area (Å²) < 4.78 is 1.71. The van der Waals surface area contributed by atoms with Gasteiger partial charge in [-0.1, -0.05) is 41.9 Å². The highest BCUT2D eigenvalue weighted by molar-refractivity contribution is 6.30. The third-order valence-corrected chi connectivity index (χ3v) is 3.99. The van der Waals surface area contributed by atoms with Gasteiger partial charge in [-0.05, 0) is 36.4 Å². The molecule has 0 fully saturated rings. The number of hydrogen-bond acceptors (Lipinski definition) is 4. The first-order valence-corrected chi connectivity index (χ1v) is 8.03. The van der Waals surface area contributed by atoms with Crippen LogP contribution >= 0.6 is 11.6 Å². The van der Waals surface area contributed by atoms with Gasteiger partial charge < -0.3 is 5.11 Å². The molecule has 25 heavy (non-hydrogen) atoms. The van der Waals surface area contributed by atoms with Crippen molar-refractivity contribution in [2.75, 3.05) is 0 Å². The molecule has 5 nitrogen and oxygen atoms in total. The van der Waals surface area contributed by atoms with E-state index in [4.69, 9.17) is 11.6 Å². The number of imidazole rings is 1. The van der Waals surface area contributed by atoms with Crippen LogP contribution in [0.4, 0.5) is 11.5 Å². The minimum absolute atomic E-state index is 0.0823. The Bertz CT molecular complexity index is 1060. The van der Waals surface area contributed by atoms with Crippen LogP contribution in [0.3, 0.4) is 0 Å². The van der Waals surface area contributed by atoms with Gasteiger partial charge >= 0.3 is 0 Å². The average molecular weight is 349 g/mol. The molecule has 0 saturated carbocycles. The maximum absolute atomic E-state index is 10.1. The molecule has 0 aliphatic carbocycles. The summed E-state index contributed by atoms with van der Waals surface area (Å²) in [5, 5.41) is 19.4. The fraction of sp³-hybridized carbons (Fsp3) is 0. The number of rotatable bonds is 3. The van der Waals surface area contributed by atoms with Gasteiger partial charge in [-0.2, -0.15) is 0 Å². The SMILES string of the molecule is Oc1cccn2c(N=Nc3ccccc3)c(-c3ccc(Cl)cc3)nc12. The Labute approximate surface area is 148 Å². The van der Waals surface area contributed by atoms with Crippen molar-refractivity contribution in [1.29, 1.82) is 0 Å². The monoisotopic (exact) mass is 348 g/mol. The molecule has 0 unspecified atom stereocenters. The summed E-state index contributed by atoms with van der Waals surface area (Å²) in [7, 11) is 0. The van der Waals surface area contributed by atoms with Crippen molar-refractivity contribution in [1.82, 2.24) is 9.38 Å². The number of aromatic nitrogens is 2. The van der Waals surface area contributed by atoms with Crippen LogP contribution in [-0.2, 0) is 0 Å². The van der Waals surface area contributed by atoms with E-state index in [1.807, 2.05) is 42.5 Å². The number of hydrogen-bond donors (Lipinski definition) is 1. The number of halogens is 1. The fourth-order valence-electron chi connectivity index (χ4n) is 2.54. The molecule has 6 heteroatoms. The zero-order chi connectivity index (χ0) is 17.2. The lowest BCUT2D eigenvalue weighted by Gasteiger charge is -2.00. The number of pyridine rings is 1. The molecule has 2 aromatic carbocycles. The van der Waals surface area contributed by atoms with E-state index in [1.54, 1.807) is 34.9 Å². The molecule has 0 aliphatic rings. The minimum Gasteiger partial charge on any atom is -0.504 e. The summed E-state index contributed by atoms with van der Waals surface area (Å²) in [6.45, 7) is 0. The standard InChI is InChI=1S/C19H13ClN4O/c20-14-10-8-13(9-11-14)17-19(23-22-15-5-2-1-3-6-15)24-12-4-7-16(25)18(24)21-17/h1-12,25H. The quantitative estimate of drug-likeness (QED) is 0.477. The third-order valence-electron chi connectivity index (χ3n) is 3.74. The first-order chi connectivity index (χ1) is 12.2. The Hall–Kier alpha value is -3.18. The minimum atomic E-state index is 0.0823. The van der Waals surface area contributed by atoms with Crippen LogP contribution < -0.4 is 0 Å². The lowest BCUT2D eigenvalue weighted by atomic mass is 10.1. The van der Waals surface area contributed by atoms with Gasteiger partial charge in [-0.3, -0.25) is 4.40 Å². The highest BCUT2D eigenvalue weighted by atomic mass is 35.5. The topological polar surface area (TPSA) is 62.2 Å². The molecule has 2 aromatic heterocycles. The second-order valence-corrected chi connectivity index (χ2v) is 5.85. The van der Waals surface area contributed by atoms with Gasteiger partial charge in [-0.15, -0.1) is 10.2 Å². The van der Waals surface area contributed by atoms with E-state index in [9.17, 15) is 5.11 Å². The highest BCUT2D eigenvalue weighted by Gasteiger charge is 2.16. The van der Waals surface area contributed by atoms with Crippen molar-refractivity contribution in [2.24, 2.45) is 10.2 Å². The number of benzene rings is 2. The lowest BCUT2D eigenvalue weighted by Crippen LogP contribution is -1.82. The second kappa shape index (κ2) is 6.37. The van der Waals surface area contributed by atoms with Crippen molar-refractivity contribution >= 4 is 28.8 Å². The molecule has 4 rings (SSSR count). The molecule has 0 atom stereocenters. The van der Waals surface area contributed by atoms with Gasteiger partial charge in [0.15, 0.2) is 17.2 Å². The molecule has 0 spiro atoms. The number of fused-ring (bicyclic) bond motifs is 1. The normalized spacial score (nSPS) is 11.4. The van der Waals surface area contributed by atoms with E-state index < -0.39 is 0 Å². The molecule has 0 amide bonds. The Morgan fingerprint density at radius 3 is 2.40 bits per heavy atom. The first kappa shape index (κ1) is 15.4. The largest absolute Gasteiger partial charge is 0.504 e. The molecule has 122 valence electrons. The van der Waals surface area contributed by atoms with E-state index in [1.165, 1.54) is 0 Å². The zero-order valence-corrected chi connectivity index (χ0v) is 13.8. The van der Waals surface area contributed by atoms with Crippen LogP contribution in [0, 0.1) is 0 Å². The molecule has 0 radical (unpaired) electrons. The van der Waals surface area contributed by atoms with E-state index in [-0.39, 0.29) is 5.75 Å². The van der Waals surface area contributed by atoms with Crippen molar-refractivity contribution < 1.29 is 5.11 Å². The van der Waals surface area contributed by atoms with Gasteiger partial charge in [0.05, 0.1) is 5.69 Å². The van der Waals surface area contributed by atoms with Gasteiger partial charge in [0, 0.05) is 16.8 Å². The summed E-state index contributed by atoms with van der Waals surface area (Å²) >= 11 is 5.98. The predicted octanol–water partition coefficient (Wildman–Crippen LogP) is 5.78. The molecule has 0 bridgehead atoms. The highest BCUT2D eigenvalue weighted by Crippen LogP contribution is 2.35. The van der Waals surface area contributed by atoms with Crippen LogP contribution in [0.5, 0.6) is 5.75 Å². The van der Waals surface area contributed by atoms with Crippen LogP contribution in [0.1, 0.15) is 0 Å². The van der Waals surface area contributed by atoms with Crippen molar-refractivity contribution in [3.05, 3.63) is 77.9 Å². The molecule has 0 saturated heterocycles. The van der Waals surface area contributed by atoms with E-state index in [0.717, 1.165) is 11.3 Å². The second-order valence-electron chi connectivity index (χ2n) is 5.41. The number of azo groups is 1. The predicted molar refractivity (Wildman–Crippen MR) is 97.9 cm³/mol. The van der Waals surface area contributed by atoms with Crippen LogP contribution in [0.25, 0.3) is 16.9 Å². The Kier molecular flexibility index (Phi) is 3.91. The molecule has 0 aliphatic heterocycles. The van der Waals surface area contributed by atoms with Gasteiger partial charge in [0.25, 0.3) is 0 Å². The molecular weight excluding hydrogens is 336 g/mol. The molecule has 1 N–H and O–H groups in total. The fourth-order valence-corrected chi connectivity index (χ4v) is 2.66. The van der Waals surface area contributed by atoms with E-state index in [0.29, 0.717) is 22.2 Å². The van der Waals surface area contributed by atoms with Crippen LogP contribution in [0.2, 0.25) is 5.02 Å². The maximum Gasteiger partial charge on any atom is 0.187 e. The summed E-state index contributed by atoms with van der Waals surface area (Å²) in [5.41, 5.74) is 2.63. The number of nitrogens with zero attached hydrogens (tertiary/aromatic N) is 4.